The van der Waals surface area contributed by atoms with Crippen molar-refractivity contribution in [3.8, 4) is 11.5 Å². The first-order valence-electron chi connectivity index (χ1n) is 7.28. The van der Waals surface area contributed by atoms with Gasteiger partial charge in [-0.1, -0.05) is 0 Å². The fraction of sp³-hybridized carbons (Fsp3) is 0.571. The molecule has 154 valence electrons. The Kier molecular flexibility index (Phi) is 5.12. The van der Waals surface area contributed by atoms with Gasteiger partial charge < -0.3 is 14.6 Å². The predicted octanol–water partition coefficient (Wildman–Crippen LogP) is 2.94. The fourth-order valence-corrected chi connectivity index (χ4v) is 3.50. The molecule has 0 bridgehead atoms. The standard InChI is InChI=1S/C14H15F6NO5S/c1-12(2)11(22)10(21(3)27(23,24)14(18,19)20)8-6-7(25-13(15,16)17)4-5-9(8)26-12/h4-6,10-11,22H,1-3H3/t10-,11+/m1/s1. The van der Waals surface area contributed by atoms with E-state index in [2.05, 4.69) is 4.74 Å². The molecule has 13 heteroatoms. The minimum absolute atomic E-state index is 0.141. The second kappa shape index (κ2) is 6.41. The second-order valence-electron chi connectivity index (χ2n) is 6.31. The lowest BCUT2D eigenvalue weighted by atomic mass is 9.86. The maximum absolute atomic E-state index is 12.9. The highest BCUT2D eigenvalue weighted by molar-refractivity contribution is 7.89. The van der Waals surface area contributed by atoms with Crippen LogP contribution in [0, 0.1) is 0 Å². The van der Waals surface area contributed by atoms with Crippen molar-refractivity contribution >= 4 is 10.0 Å². The number of hydrogen-bond acceptors (Lipinski definition) is 5. The monoisotopic (exact) mass is 423 g/mol. The van der Waals surface area contributed by atoms with Crippen LogP contribution in [0.4, 0.5) is 26.3 Å². The summed E-state index contributed by atoms with van der Waals surface area (Å²) in [6.07, 6.45) is -6.91. The Balaban J connectivity index is 2.61. The summed E-state index contributed by atoms with van der Waals surface area (Å²) in [5, 5.41) is 10.4. The van der Waals surface area contributed by atoms with Crippen LogP contribution < -0.4 is 9.47 Å². The number of fused-ring (bicyclic) bond motifs is 1. The second-order valence-corrected chi connectivity index (χ2v) is 8.30. The first kappa shape index (κ1) is 21.6. The van der Waals surface area contributed by atoms with Gasteiger partial charge in [-0.3, -0.25) is 0 Å². The van der Waals surface area contributed by atoms with Gasteiger partial charge >= 0.3 is 21.9 Å². The van der Waals surface area contributed by atoms with Gasteiger partial charge in [-0.05, 0) is 32.0 Å². The molecule has 1 aliphatic heterocycles. The van der Waals surface area contributed by atoms with E-state index in [-0.39, 0.29) is 10.1 Å². The number of hydrogen-bond donors (Lipinski definition) is 1. The number of benzene rings is 1. The van der Waals surface area contributed by atoms with Crippen molar-refractivity contribution in [3.63, 3.8) is 0 Å². The van der Waals surface area contributed by atoms with Crippen LogP contribution in [0.15, 0.2) is 18.2 Å². The molecule has 2 atom stereocenters. The van der Waals surface area contributed by atoms with Crippen molar-refractivity contribution in [2.75, 3.05) is 7.05 Å². The maximum Gasteiger partial charge on any atom is 0.573 e. The average molecular weight is 423 g/mol. The van der Waals surface area contributed by atoms with Gasteiger partial charge in [0.15, 0.2) is 0 Å². The number of rotatable bonds is 3. The third kappa shape index (κ3) is 4.09. The van der Waals surface area contributed by atoms with Crippen LogP contribution in [0.25, 0.3) is 0 Å². The van der Waals surface area contributed by atoms with E-state index in [1.165, 1.54) is 13.8 Å². The van der Waals surface area contributed by atoms with Crippen LogP contribution in [-0.4, -0.2) is 48.5 Å². The van der Waals surface area contributed by atoms with E-state index in [9.17, 15) is 39.9 Å². The molecule has 27 heavy (non-hydrogen) atoms. The molecule has 0 unspecified atom stereocenters. The molecule has 0 fully saturated rings. The quantitative estimate of drug-likeness (QED) is 0.757. The van der Waals surface area contributed by atoms with E-state index in [1.807, 2.05) is 0 Å². The van der Waals surface area contributed by atoms with E-state index in [1.54, 1.807) is 0 Å². The van der Waals surface area contributed by atoms with Crippen molar-refractivity contribution in [3.05, 3.63) is 23.8 Å². The molecule has 1 aromatic rings. The summed E-state index contributed by atoms with van der Waals surface area (Å²) in [5.74, 6) is -0.992. The summed E-state index contributed by atoms with van der Waals surface area (Å²) in [4.78, 5) is 0. The van der Waals surface area contributed by atoms with Crippen LogP contribution in [0.1, 0.15) is 25.5 Å². The molecular weight excluding hydrogens is 408 g/mol. The molecule has 0 aliphatic carbocycles. The van der Waals surface area contributed by atoms with Crippen molar-refractivity contribution in [2.45, 2.75) is 43.5 Å². The molecule has 1 N–H and O–H groups in total. The van der Waals surface area contributed by atoms with E-state index in [0.29, 0.717) is 13.1 Å². The molecule has 2 rings (SSSR count). The van der Waals surface area contributed by atoms with Gasteiger partial charge in [-0.2, -0.15) is 17.5 Å². The largest absolute Gasteiger partial charge is 0.573 e. The smallest absolute Gasteiger partial charge is 0.485 e. The summed E-state index contributed by atoms with van der Waals surface area (Å²) in [6, 6.07) is 0.654. The molecule has 0 aromatic heterocycles. The number of likely N-dealkylation sites (N-methyl/N-ethyl adjacent to an activating group) is 1. The molecule has 1 heterocycles. The number of ether oxygens (including phenoxy) is 2. The molecular formula is C14H15F6NO5S. The highest BCUT2D eigenvalue weighted by atomic mass is 32.2. The van der Waals surface area contributed by atoms with Gasteiger partial charge in [0.1, 0.15) is 23.2 Å². The van der Waals surface area contributed by atoms with Crippen molar-refractivity contribution in [1.82, 2.24) is 4.31 Å². The lowest BCUT2D eigenvalue weighted by Crippen LogP contribution is -2.55. The third-order valence-corrected chi connectivity index (χ3v) is 5.55. The first-order chi connectivity index (χ1) is 12.0. The van der Waals surface area contributed by atoms with Crippen molar-refractivity contribution < 1.29 is 49.3 Å². The Morgan fingerprint density at radius 2 is 1.74 bits per heavy atom. The zero-order valence-electron chi connectivity index (χ0n) is 14.1. The third-order valence-electron chi connectivity index (χ3n) is 3.98. The lowest BCUT2D eigenvalue weighted by molar-refractivity contribution is -0.274. The number of aliphatic hydroxyl groups is 1. The number of nitrogens with zero attached hydrogens (tertiary/aromatic N) is 1. The number of aliphatic hydroxyl groups excluding tert-OH is 1. The molecule has 0 saturated carbocycles. The van der Waals surface area contributed by atoms with E-state index >= 15 is 0 Å². The van der Waals surface area contributed by atoms with Crippen LogP contribution in [-0.2, 0) is 10.0 Å². The SMILES string of the molecule is CN([C@@H]1c2cc(OC(F)(F)F)ccc2OC(C)(C)[C@H]1O)S(=O)(=O)C(F)(F)F. The Morgan fingerprint density at radius 3 is 2.22 bits per heavy atom. The van der Waals surface area contributed by atoms with Gasteiger partial charge in [0.25, 0.3) is 0 Å². The number of halogens is 6. The first-order valence-corrected chi connectivity index (χ1v) is 8.72. The normalized spacial score (nSPS) is 22.9. The Labute approximate surface area is 150 Å². The predicted molar refractivity (Wildman–Crippen MR) is 79.3 cm³/mol. The number of sulfonamides is 1. The summed E-state index contributed by atoms with van der Waals surface area (Å²) >= 11 is 0. The van der Waals surface area contributed by atoms with Gasteiger partial charge in [0.2, 0.25) is 0 Å². The molecule has 0 amide bonds. The zero-order valence-corrected chi connectivity index (χ0v) is 14.9. The fourth-order valence-electron chi connectivity index (χ4n) is 2.65. The molecule has 1 aliphatic rings. The van der Waals surface area contributed by atoms with Gasteiger partial charge in [0, 0.05) is 12.6 Å². The van der Waals surface area contributed by atoms with E-state index < -0.39 is 51.0 Å². The Bertz CT molecular complexity index is 820. The minimum atomic E-state index is -5.90. The van der Waals surface area contributed by atoms with Crippen LogP contribution in [0.5, 0.6) is 11.5 Å². The molecule has 0 radical (unpaired) electrons. The van der Waals surface area contributed by atoms with Crippen LogP contribution >= 0.6 is 0 Å². The summed E-state index contributed by atoms with van der Waals surface area (Å²) in [7, 11) is -5.33. The Hall–Kier alpha value is -1.73. The Morgan fingerprint density at radius 1 is 1.19 bits per heavy atom. The minimum Gasteiger partial charge on any atom is -0.485 e. The van der Waals surface area contributed by atoms with E-state index in [4.69, 9.17) is 4.74 Å². The molecule has 1 aromatic carbocycles. The lowest BCUT2D eigenvalue weighted by Gasteiger charge is -2.44. The summed E-state index contributed by atoms with van der Waals surface area (Å²) in [5.41, 5.74) is -7.61. The molecule has 0 spiro atoms. The van der Waals surface area contributed by atoms with E-state index in [0.717, 1.165) is 12.1 Å². The molecule has 0 saturated heterocycles. The molecule has 6 nitrogen and oxygen atoms in total. The summed E-state index contributed by atoms with van der Waals surface area (Å²) in [6.45, 7) is 2.59. The highest BCUT2D eigenvalue weighted by Gasteiger charge is 2.55. The van der Waals surface area contributed by atoms with Crippen LogP contribution in [0.2, 0.25) is 0 Å². The zero-order chi connectivity index (χ0) is 21.0. The van der Waals surface area contributed by atoms with Crippen molar-refractivity contribution in [2.24, 2.45) is 0 Å². The number of alkyl halides is 6. The van der Waals surface area contributed by atoms with Gasteiger partial charge in [-0.25, -0.2) is 8.42 Å². The average Bonchev–Trinajstić information content (AvgIpc) is 2.45. The van der Waals surface area contributed by atoms with Crippen LogP contribution in [0.3, 0.4) is 0 Å². The van der Waals surface area contributed by atoms with Gasteiger partial charge in [-0.15, -0.1) is 13.2 Å². The van der Waals surface area contributed by atoms with Crippen molar-refractivity contribution in [1.29, 1.82) is 0 Å². The topological polar surface area (TPSA) is 76.1 Å². The maximum atomic E-state index is 12.9. The van der Waals surface area contributed by atoms with Gasteiger partial charge in [0.05, 0.1) is 6.04 Å². The summed E-state index contributed by atoms with van der Waals surface area (Å²) < 4.78 is 109. The highest BCUT2D eigenvalue weighted by Crippen LogP contribution is 2.46.